The van der Waals surface area contributed by atoms with Crippen molar-refractivity contribution in [3.05, 3.63) is 29.8 Å². The lowest BCUT2D eigenvalue weighted by molar-refractivity contribution is 0.450. The van der Waals surface area contributed by atoms with Crippen LogP contribution in [0.4, 0.5) is 5.69 Å². The highest BCUT2D eigenvalue weighted by Crippen LogP contribution is 2.78. The Kier molecular flexibility index (Phi) is 6.80. The zero-order valence-corrected chi connectivity index (χ0v) is 18.3. The Morgan fingerprint density at radius 3 is 1.33 bits per heavy atom. The van der Waals surface area contributed by atoms with E-state index < -0.39 is 7.26 Å². The molecule has 0 amide bonds. The zero-order chi connectivity index (χ0) is 18.5. The van der Waals surface area contributed by atoms with Crippen LogP contribution < -0.4 is 5.73 Å². The fourth-order valence-corrected chi connectivity index (χ4v) is 14.3. The summed E-state index contributed by atoms with van der Waals surface area (Å²) in [5.74, 6) is 0. The molecule has 0 unspecified atom stereocenters. The minimum Gasteiger partial charge on any atom is -0.399 e. The normalized spacial score (nSPS) is 24.1. The van der Waals surface area contributed by atoms with Crippen molar-refractivity contribution < 1.29 is 0 Å². The summed E-state index contributed by atoms with van der Waals surface area (Å²) in [4.78, 5) is 0. The average molecular weight is 387 g/mol. The van der Waals surface area contributed by atoms with Gasteiger partial charge < -0.3 is 5.73 Å². The topological polar surface area (TPSA) is 26.0 Å². The lowest BCUT2D eigenvalue weighted by atomic mass is 9.99. The maximum Gasteiger partial charge on any atom is 0.0851 e. The van der Waals surface area contributed by atoms with Crippen LogP contribution >= 0.6 is 7.26 Å². The number of hydrogen-bond acceptors (Lipinski definition) is 1. The molecular formula is C25H41NP+. The van der Waals surface area contributed by atoms with Crippen LogP contribution in [0.3, 0.4) is 0 Å². The number of rotatable bonds is 5. The molecular weight excluding hydrogens is 345 g/mol. The molecule has 3 saturated carbocycles. The molecule has 0 saturated heterocycles. The number of benzene rings is 1. The molecule has 1 aromatic carbocycles. The van der Waals surface area contributed by atoms with Crippen LogP contribution in [0, 0.1) is 0 Å². The predicted octanol–water partition coefficient (Wildman–Crippen LogP) is 7.78. The van der Waals surface area contributed by atoms with Crippen LogP contribution in [-0.4, -0.2) is 17.0 Å². The first-order valence-electron chi connectivity index (χ1n) is 12.0. The molecule has 150 valence electrons. The second-order valence-corrected chi connectivity index (χ2v) is 14.3. The highest BCUT2D eigenvalue weighted by atomic mass is 31.2. The van der Waals surface area contributed by atoms with Crippen molar-refractivity contribution >= 4 is 12.9 Å². The standard InChI is InChI=1S/C25H41NP/c26-22-18-16-21(17-19-22)20-27(23-10-4-1-5-11-23,24-12-6-2-7-13-24)25-14-8-3-9-15-25/h16-19,23-25H,1-15,20,26H2/q+1. The molecule has 3 aliphatic rings. The quantitative estimate of drug-likeness (QED) is 0.406. The van der Waals surface area contributed by atoms with E-state index in [9.17, 15) is 0 Å². The molecule has 27 heavy (non-hydrogen) atoms. The summed E-state index contributed by atoms with van der Waals surface area (Å²) in [6.07, 6.45) is 24.3. The molecule has 2 N–H and O–H groups in total. The number of nitrogen functional groups attached to an aromatic ring is 1. The monoisotopic (exact) mass is 386 g/mol. The predicted molar refractivity (Wildman–Crippen MR) is 122 cm³/mol. The summed E-state index contributed by atoms with van der Waals surface area (Å²) in [5, 5.41) is 0. The van der Waals surface area contributed by atoms with Gasteiger partial charge in [0.2, 0.25) is 0 Å². The Labute approximate surface area is 168 Å². The van der Waals surface area contributed by atoms with Gasteiger partial charge in [0.15, 0.2) is 0 Å². The first-order valence-corrected chi connectivity index (χ1v) is 14.2. The SMILES string of the molecule is Nc1ccc(C[P+](C2CCCCC2)(C2CCCCC2)C2CCCCC2)cc1. The van der Waals surface area contributed by atoms with Gasteiger partial charge in [0.25, 0.3) is 0 Å². The smallest absolute Gasteiger partial charge is 0.0851 e. The van der Waals surface area contributed by atoms with Crippen molar-refractivity contribution in [2.75, 3.05) is 5.73 Å². The Bertz CT molecular complexity index is 517. The highest BCUT2D eigenvalue weighted by molar-refractivity contribution is 7.77. The van der Waals surface area contributed by atoms with Crippen molar-refractivity contribution in [1.29, 1.82) is 0 Å². The Balaban J connectivity index is 1.71. The Morgan fingerprint density at radius 1 is 0.593 bits per heavy atom. The average Bonchev–Trinajstić information content (AvgIpc) is 2.75. The van der Waals surface area contributed by atoms with Crippen molar-refractivity contribution in [2.24, 2.45) is 0 Å². The minimum atomic E-state index is -1.00. The van der Waals surface area contributed by atoms with E-state index in [1.807, 2.05) is 0 Å². The lowest BCUT2D eigenvalue weighted by Gasteiger charge is -2.49. The Hall–Kier alpha value is -0.550. The van der Waals surface area contributed by atoms with E-state index >= 15 is 0 Å². The third kappa shape index (κ3) is 4.39. The van der Waals surface area contributed by atoms with Gasteiger partial charge in [0.05, 0.1) is 23.1 Å². The Morgan fingerprint density at radius 2 is 0.963 bits per heavy atom. The third-order valence-electron chi connectivity index (χ3n) is 8.20. The van der Waals surface area contributed by atoms with Gasteiger partial charge in [-0.05, 0) is 94.7 Å². The first kappa shape index (κ1) is 19.8. The number of anilines is 1. The summed E-state index contributed by atoms with van der Waals surface area (Å²) in [6.45, 7) is 0. The van der Waals surface area contributed by atoms with E-state index in [-0.39, 0.29) is 0 Å². The summed E-state index contributed by atoms with van der Waals surface area (Å²) in [7, 11) is -1.00. The number of hydrogen-bond donors (Lipinski definition) is 1. The molecule has 0 spiro atoms. The van der Waals surface area contributed by atoms with E-state index in [1.165, 1.54) is 63.9 Å². The molecule has 4 rings (SSSR count). The second-order valence-electron chi connectivity index (χ2n) is 9.77. The lowest BCUT2D eigenvalue weighted by Crippen LogP contribution is -2.37. The maximum atomic E-state index is 6.03. The maximum absolute atomic E-state index is 6.03. The molecule has 0 heterocycles. The molecule has 2 heteroatoms. The summed E-state index contributed by atoms with van der Waals surface area (Å²) in [5.41, 5.74) is 11.8. The molecule has 3 aliphatic carbocycles. The third-order valence-corrected chi connectivity index (χ3v) is 14.7. The second kappa shape index (κ2) is 9.30. The van der Waals surface area contributed by atoms with Gasteiger partial charge in [0.1, 0.15) is 0 Å². The van der Waals surface area contributed by atoms with Gasteiger partial charge in [-0.3, -0.25) is 0 Å². The molecule has 1 nitrogen and oxygen atoms in total. The molecule has 0 atom stereocenters. The van der Waals surface area contributed by atoms with Gasteiger partial charge >= 0.3 is 0 Å². The largest absolute Gasteiger partial charge is 0.399 e. The van der Waals surface area contributed by atoms with Crippen molar-refractivity contribution in [1.82, 2.24) is 0 Å². The molecule has 0 aliphatic heterocycles. The van der Waals surface area contributed by atoms with Crippen LogP contribution in [-0.2, 0) is 6.16 Å². The van der Waals surface area contributed by atoms with Crippen LogP contribution in [0.5, 0.6) is 0 Å². The van der Waals surface area contributed by atoms with Gasteiger partial charge in [-0.15, -0.1) is 0 Å². The van der Waals surface area contributed by atoms with Crippen molar-refractivity contribution in [3.63, 3.8) is 0 Å². The van der Waals surface area contributed by atoms with Gasteiger partial charge in [-0.25, -0.2) is 0 Å². The fourth-order valence-electron chi connectivity index (χ4n) is 6.91. The van der Waals surface area contributed by atoms with E-state index in [0.29, 0.717) is 0 Å². The van der Waals surface area contributed by atoms with E-state index in [2.05, 4.69) is 24.3 Å². The van der Waals surface area contributed by atoms with Crippen LogP contribution in [0.25, 0.3) is 0 Å². The van der Waals surface area contributed by atoms with Crippen LogP contribution in [0.15, 0.2) is 24.3 Å². The summed E-state index contributed by atoms with van der Waals surface area (Å²) in [6, 6.07) is 9.07. The zero-order valence-electron chi connectivity index (χ0n) is 17.4. The van der Waals surface area contributed by atoms with Gasteiger partial charge in [-0.1, -0.05) is 31.4 Å². The molecule has 3 fully saturated rings. The minimum absolute atomic E-state index is 0.927. The van der Waals surface area contributed by atoms with E-state index in [0.717, 1.165) is 22.7 Å². The number of nitrogens with two attached hydrogens (primary N) is 1. The molecule has 0 aromatic heterocycles. The summed E-state index contributed by atoms with van der Waals surface area (Å²) >= 11 is 0. The van der Waals surface area contributed by atoms with Crippen molar-refractivity contribution in [3.8, 4) is 0 Å². The van der Waals surface area contributed by atoms with Crippen LogP contribution in [0.2, 0.25) is 0 Å². The van der Waals surface area contributed by atoms with E-state index in [4.69, 9.17) is 5.73 Å². The molecule has 0 bridgehead atoms. The molecule has 1 aromatic rings. The van der Waals surface area contributed by atoms with E-state index in [1.54, 1.807) is 44.1 Å². The van der Waals surface area contributed by atoms with Crippen LogP contribution in [0.1, 0.15) is 102 Å². The molecule has 0 radical (unpaired) electrons. The highest BCUT2D eigenvalue weighted by Gasteiger charge is 2.56. The van der Waals surface area contributed by atoms with Gasteiger partial charge in [0, 0.05) is 12.9 Å². The van der Waals surface area contributed by atoms with Gasteiger partial charge in [-0.2, -0.15) is 0 Å². The first-order chi connectivity index (χ1) is 13.3. The fraction of sp³-hybridized carbons (Fsp3) is 0.760. The van der Waals surface area contributed by atoms with Crippen molar-refractivity contribution in [2.45, 2.75) is 119 Å². The summed E-state index contributed by atoms with van der Waals surface area (Å²) < 4.78 is 0.